The summed E-state index contributed by atoms with van der Waals surface area (Å²) in [6.45, 7) is 4.48. The molecule has 0 unspecified atom stereocenters. The van der Waals surface area contributed by atoms with Crippen molar-refractivity contribution in [2.45, 2.75) is 88.9 Å². The molecule has 11 heteroatoms. The molecule has 2 bridgehead atoms. The number of benzene rings is 1. The third-order valence-corrected chi connectivity index (χ3v) is 8.26. The number of anilines is 1. The van der Waals surface area contributed by atoms with Crippen molar-refractivity contribution in [2.75, 3.05) is 11.9 Å². The Balaban J connectivity index is 1.58. The van der Waals surface area contributed by atoms with Crippen molar-refractivity contribution in [3.05, 3.63) is 29.3 Å². The largest absolute Gasteiger partial charge is 0.374 e. The molecule has 3 N–H and O–H groups in total. The Hall–Kier alpha value is -2.93. The molecule has 6 atom stereocenters. The average Bonchev–Trinajstić information content (AvgIpc) is 2.87. The monoisotopic (exact) mass is 563 g/mol. The van der Waals surface area contributed by atoms with Crippen LogP contribution in [0.1, 0.15) is 58.8 Å². The number of halogens is 3. The Bertz CT molecular complexity index is 1130. The Morgan fingerprint density at radius 2 is 2.05 bits per heavy atom. The summed E-state index contributed by atoms with van der Waals surface area (Å²) in [5.74, 6) is -6.18. The van der Waals surface area contributed by atoms with Crippen LogP contribution in [0.25, 0.3) is 0 Å². The molecule has 5 rings (SSSR count). The fourth-order valence-electron chi connectivity index (χ4n) is 6.22. The number of hydrogen-bond donors (Lipinski definition) is 3. The zero-order valence-electron chi connectivity index (χ0n) is 22.3. The van der Waals surface area contributed by atoms with Gasteiger partial charge in [-0.3, -0.25) is 14.4 Å². The van der Waals surface area contributed by atoms with E-state index in [0.717, 1.165) is 6.42 Å². The second-order valence-electron chi connectivity index (χ2n) is 11.4. The molecule has 1 aliphatic carbocycles. The molecule has 1 saturated carbocycles. The van der Waals surface area contributed by atoms with Crippen molar-refractivity contribution < 1.29 is 23.2 Å². The van der Waals surface area contributed by atoms with Gasteiger partial charge in [0.05, 0.1) is 12.0 Å². The first-order chi connectivity index (χ1) is 18.5. The van der Waals surface area contributed by atoms with Crippen LogP contribution in [-0.2, 0) is 14.4 Å². The van der Waals surface area contributed by atoms with Crippen LogP contribution in [0.5, 0.6) is 0 Å². The number of carbonyl (C=O) groups excluding carboxylic acids is 3. The van der Waals surface area contributed by atoms with Gasteiger partial charge in [-0.1, -0.05) is 31.5 Å². The number of carbonyl (C=O) groups is 3. The first kappa shape index (κ1) is 29.1. The van der Waals surface area contributed by atoms with Gasteiger partial charge < -0.3 is 20.9 Å². The van der Waals surface area contributed by atoms with Gasteiger partial charge in [-0.2, -0.15) is 5.26 Å². The normalized spacial score (nSPS) is 27.3. The number of hydrogen-bond acceptors (Lipinski definition) is 5. The zero-order valence-corrected chi connectivity index (χ0v) is 23.0. The number of nitrogens with zero attached hydrogens (tertiary/aromatic N) is 2. The van der Waals surface area contributed by atoms with E-state index in [-0.39, 0.29) is 24.7 Å². The van der Waals surface area contributed by atoms with E-state index < -0.39 is 60.2 Å². The minimum Gasteiger partial charge on any atom is -0.374 e. The topological polar surface area (TPSA) is 114 Å². The molecular formula is C28H36ClF2N5O3. The standard InChI is InChI=1S/C28H36ClF2N5O3/c1-16(2)11-23(34-19-7-3-6-18(29)13-19)27(39)36-21-8-9-22(28(30,31)14-21)24(36)26(38)35-20(15-32)12-17-5-4-10-33-25(17)37/h3,6-7,13,16-17,20-24,34H,4-5,8-12,14H2,1-2H3,(H,33,37)(H,35,38)/t17-,20+,21+,22+,23-,24+/m1/s1. The van der Waals surface area contributed by atoms with Crippen LogP contribution in [0.2, 0.25) is 5.02 Å². The quantitative estimate of drug-likeness (QED) is 0.418. The lowest BCUT2D eigenvalue weighted by Gasteiger charge is -2.54. The van der Waals surface area contributed by atoms with Crippen LogP contribution in [0.4, 0.5) is 14.5 Å². The van der Waals surface area contributed by atoms with Crippen molar-refractivity contribution >= 4 is 35.0 Å². The molecule has 4 aliphatic rings. The van der Waals surface area contributed by atoms with Crippen molar-refractivity contribution in [3.8, 4) is 6.07 Å². The minimum absolute atomic E-state index is 0.0888. The Kier molecular flexibility index (Phi) is 9.00. The van der Waals surface area contributed by atoms with E-state index in [1.807, 2.05) is 19.9 Å². The van der Waals surface area contributed by atoms with Crippen LogP contribution in [0.15, 0.2) is 24.3 Å². The van der Waals surface area contributed by atoms with E-state index in [1.54, 1.807) is 24.3 Å². The van der Waals surface area contributed by atoms with E-state index >= 15 is 8.78 Å². The van der Waals surface area contributed by atoms with Gasteiger partial charge in [-0.05, 0) is 62.6 Å². The van der Waals surface area contributed by atoms with Crippen molar-refractivity contribution in [2.24, 2.45) is 17.8 Å². The zero-order chi connectivity index (χ0) is 28.3. The van der Waals surface area contributed by atoms with Gasteiger partial charge in [0.15, 0.2) is 0 Å². The molecule has 3 saturated heterocycles. The highest BCUT2D eigenvalue weighted by molar-refractivity contribution is 6.30. The summed E-state index contributed by atoms with van der Waals surface area (Å²) in [5, 5.41) is 18.8. The first-order valence-corrected chi connectivity index (χ1v) is 14.1. The smallest absolute Gasteiger partial charge is 0.255 e. The number of alkyl halides is 2. The molecule has 4 fully saturated rings. The molecule has 3 heterocycles. The number of nitrogens with one attached hydrogen (secondary N) is 3. The Labute approximate surface area is 232 Å². The highest BCUT2D eigenvalue weighted by atomic mass is 35.5. The van der Waals surface area contributed by atoms with Crippen LogP contribution >= 0.6 is 11.6 Å². The summed E-state index contributed by atoms with van der Waals surface area (Å²) in [7, 11) is 0. The molecule has 0 spiro atoms. The minimum atomic E-state index is -3.11. The summed E-state index contributed by atoms with van der Waals surface area (Å²) >= 11 is 6.13. The number of amides is 3. The van der Waals surface area contributed by atoms with E-state index in [9.17, 15) is 19.6 Å². The van der Waals surface area contributed by atoms with Gasteiger partial charge in [-0.15, -0.1) is 0 Å². The highest BCUT2D eigenvalue weighted by Gasteiger charge is 2.61. The average molecular weight is 564 g/mol. The SMILES string of the molecule is CC(C)C[C@@H](Nc1cccc(Cl)c1)C(=O)N1[C@H]2CC[C@@H]([C@H]1C(=O)N[C@H](C#N)C[C@H]1CCCNC1=O)C(F)(F)C2. The van der Waals surface area contributed by atoms with Crippen molar-refractivity contribution in [3.63, 3.8) is 0 Å². The maximum absolute atomic E-state index is 15.1. The highest BCUT2D eigenvalue weighted by Crippen LogP contribution is 2.49. The number of fused-ring (bicyclic) bond motifs is 3. The second kappa shape index (κ2) is 12.1. The lowest BCUT2D eigenvalue weighted by molar-refractivity contribution is -0.194. The molecule has 39 heavy (non-hydrogen) atoms. The molecule has 0 aromatic heterocycles. The van der Waals surface area contributed by atoms with Gasteiger partial charge >= 0.3 is 0 Å². The van der Waals surface area contributed by atoms with Gasteiger partial charge in [0.2, 0.25) is 17.7 Å². The molecule has 0 radical (unpaired) electrons. The summed E-state index contributed by atoms with van der Waals surface area (Å²) in [5.41, 5.74) is 0.616. The summed E-state index contributed by atoms with van der Waals surface area (Å²) in [6, 6.07) is 4.91. The maximum Gasteiger partial charge on any atom is 0.255 e. The lowest BCUT2D eigenvalue weighted by Crippen LogP contribution is -2.70. The first-order valence-electron chi connectivity index (χ1n) is 13.7. The molecule has 212 valence electrons. The van der Waals surface area contributed by atoms with E-state index in [0.29, 0.717) is 36.5 Å². The van der Waals surface area contributed by atoms with E-state index in [2.05, 4.69) is 16.0 Å². The predicted octanol–water partition coefficient (Wildman–Crippen LogP) is 4.11. The molecule has 1 aromatic carbocycles. The predicted molar refractivity (Wildman–Crippen MR) is 143 cm³/mol. The maximum atomic E-state index is 15.1. The summed E-state index contributed by atoms with van der Waals surface area (Å²) in [6.07, 6.45) is 1.85. The number of nitriles is 1. The summed E-state index contributed by atoms with van der Waals surface area (Å²) in [4.78, 5) is 41.2. The third kappa shape index (κ3) is 6.63. The van der Waals surface area contributed by atoms with Crippen LogP contribution in [0, 0.1) is 29.1 Å². The van der Waals surface area contributed by atoms with Gasteiger partial charge in [0, 0.05) is 35.6 Å². The number of rotatable bonds is 9. The fourth-order valence-corrected chi connectivity index (χ4v) is 6.41. The van der Waals surface area contributed by atoms with Crippen molar-refractivity contribution in [1.82, 2.24) is 15.5 Å². The molecular weight excluding hydrogens is 528 g/mol. The van der Waals surface area contributed by atoms with Crippen LogP contribution in [0.3, 0.4) is 0 Å². The summed E-state index contributed by atoms with van der Waals surface area (Å²) < 4.78 is 30.3. The number of piperidine rings is 3. The van der Waals surface area contributed by atoms with Crippen molar-refractivity contribution in [1.29, 1.82) is 5.26 Å². The van der Waals surface area contributed by atoms with E-state index in [4.69, 9.17) is 11.6 Å². The lowest BCUT2D eigenvalue weighted by atomic mass is 9.71. The Morgan fingerprint density at radius 1 is 1.28 bits per heavy atom. The Morgan fingerprint density at radius 3 is 2.69 bits per heavy atom. The van der Waals surface area contributed by atoms with E-state index in [1.165, 1.54) is 4.90 Å². The molecule has 3 aliphatic heterocycles. The fraction of sp³-hybridized carbons (Fsp3) is 0.643. The van der Waals surface area contributed by atoms with Gasteiger partial charge in [-0.25, -0.2) is 8.78 Å². The van der Waals surface area contributed by atoms with Gasteiger partial charge in [0.25, 0.3) is 5.92 Å². The van der Waals surface area contributed by atoms with Crippen LogP contribution < -0.4 is 16.0 Å². The van der Waals surface area contributed by atoms with Gasteiger partial charge in [0.1, 0.15) is 18.1 Å². The molecule has 1 aromatic rings. The third-order valence-electron chi connectivity index (χ3n) is 8.02. The van der Waals surface area contributed by atoms with Crippen LogP contribution in [-0.4, -0.2) is 59.3 Å². The molecule has 3 amide bonds. The second-order valence-corrected chi connectivity index (χ2v) is 11.8. The molecule has 8 nitrogen and oxygen atoms in total.